The van der Waals surface area contributed by atoms with Crippen LogP contribution in [0, 0.1) is 0 Å². The summed E-state index contributed by atoms with van der Waals surface area (Å²) in [5, 5.41) is 7.64. The van der Waals surface area contributed by atoms with Gasteiger partial charge in [0.05, 0.1) is 0 Å². The molecule has 1 aliphatic carbocycles. The van der Waals surface area contributed by atoms with Gasteiger partial charge in [-0.15, -0.1) is 11.3 Å². The van der Waals surface area contributed by atoms with Gasteiger partial charge < -0.3 is 0 Å². The average Bonchev–Trinajstić information content (AvgIpc) is 3.87. The zero-order valence-electron chi connectivity index (χ0n) is 36.1. The van der Waals surface area contributed by atoms with Crippen molar-refractivity contribution < 1.29 is 0 Å². The third kappa shape index (κ3) is 6.41. The van der Waals surface area contributed by atoms with E-state index in [0.29, 0.717) is 17.5 Å². The summed E-state index contributed by atoms with van der Waals surface area (Å²) >= 11 is 1.81. The molecule has 0 N–H and O–H groups in total. The molecule has 12 rings (SSSR count). The molecule has 0 atom stereocenters. The summed E-state index contributed by atoms with van der Waals surface area (Å²) in [6.45, 7) is 4.75. The van der Waals surface area contributed by atoms with Crippen LogP contribution >= 0.6 is 11.3 Å². The maximum Gasteiger partial charge on any atom is 0.179 e. The quantitative estimate of drug-likeness (QED) is 0.113. The first kappa shape index (κ1) is 39.1. The van der Waals surface area contributed by atoms with E-state index in [1.54, 1.807) is 11.3 Å². The second-order valence-corrected chi connectivity index (χ2v) is 22.4. The van der Waals surface area contributed by atoms with E-state index in [0.717, 1.165) is 22.3 Å². The SMILES string of the molecule is CC1(C)c2ccccc2-c2ccc([Si](c3ccccc3)(c3ccccc3)c3cccc(-c4nc(-c5ccc(-c6ccccc6)cc5)nc(-c5cccc6sc7ccccc7c56)n4)c3)cc21. The fraction of sp³-hybridized carbons (Fsp3) is 0.0500. The number of fused-ring (bicyclic) bond motifs is 6. The Morgan fingerprint density at radius 1 is 0.354 bits per heavy atom. The predicted molar refractivity (Wildman–Crippen MR) is 276 cm³/mol. The number of aromatic nitrogens is 3. The first-order valence-corrected chi connectivity index (χ1v) is 25.1. The lowest BCUT2D eigenvalue weighted by Gasteiger charge is -2.35. The Labute approximate surface area is 384 Å². The third-order valence-electron chi connectivity index (χ3n) is 13.5. The normalized spacial score (nSPS) is 12.9. The van der Waals surface area contributed by atoms with Gasteiger partial charge in [0.15, 0.2) is 25.5 Å². The smallest absolute Gasteiger partial charge is 0.179 e. The topological polar surface area (TPSA) is 38.7 Å². The highest BCUT2D eigenvalue weighted by Gasteiger charge is 2.44. The molecule has 5 heteroatoms. The van der Waals surface area contributed by atoms with Gasteiger partial charge in [-0.3, -0.25) is 0 Å². The standard InChI is InChI=1S/C60H43N3SSi/c1-60(2)52-29-14-12-26-48(52)49-37-36-47(39-53(49)60)65(44-21-8-4-9-22-44,45-23-10-5-11-24-45)46-25-16-20-43(38-46)58-61-57(42-34-32-41(33-35-42)40-18-6-3-7-19-40)62-59(63-58)51-28-17-31-55-56(51)50-27-13-15-30-54(50)64-55/h3-39H,1-2H3. The van der Waals surface area contributed by atoms with Crippen LogP contribution in [0.4, 0.5) is 0 Å². The molecule has 0 bridgehead atoms. The van der Waals surface area contributed by atoms with Crippen LogP contribution in [0.2, 0.25) is 0 Å². The van der Waals surface area contributed by atoms with Gasteiger partial charge in [0.1, 0.15) is 0 Å². The molecule has 0 aliphatic heterocycles. The van der Waals surface area contributed by atoms with Crippen molar-refractivity contribution in [3.63, 3.8) is 0 Å². The molecule has 11 aromatic rings. The fourth-order valence-electron chi connectivity index (χ4n) is 10.4. The van der Waals surface area contributed by atoms with E-state index < -0.39 is 8.07 Å². The minimum Gasteiger partial charge on any atom is -0.208 e. The molecule has 2 aromatic heterocycles. The van der Waals surface area contributed by atoms with E-state index in [9.17, 15) is 0 Å². The summed E-state index contributed by atoms with van der Waals surface area (Å²) in [6, 6.07) is 82.0. The molecule has 2 heterocycles. The summed E-state index contributed by atoms with van der Waals surface area (Å²) in [5.74, 6) is 1.94. The van der Waals surface area contributed by atoms with Gasteiger partial charge in [0.2, 0.25) is 0 Å². The summed E-state index contributed by atoms with van der Waals surface area (Å²) < 4.78 is 2.46. The van der Waals surface area contributed by atoms with Crippen LogP contribution in [-0.4, -0.2) is 23.0 Å². The van der Waals surface area contributed by atoms with Crippen molar-refractivity contribution in [3.05, 3.63) is 236 Å². The van der Waals surface area contributed by atoms with Crippen molar-refractivity contribution in [2.75, 3.05) is 0 Å². The van der Waals surface area contributed by atoms with Crippen molar-refractivity contribution in [2.24, 2.45) is 0 Å². The minimum absolute atomic E-state index is 0.148. The maximum atomic E-state index is 5.43. The molecule has 0 amide bonds. The van der Waals surface area contributed by atoms with Gasteiger partial charge >= 0.3 is 0 Å². The highest BCUT2D eigenvalue weighted by molar-refractivity contribution is 7.26. The number of thiophene rings is 1. The lowest BCUT2D eigenvalue weighted by molar-refractivity contribution is 0.661. The van der Waals surface area contributed by atoms with E-state index >= 15 is 0 Å². The Hall–Kier alpha value is -7.57. The maximum absolute atomic E-state index is 5.43. The Morgan fingerprint density at radius 2 is 0.862 bits per heavy atom. The molecule has 0 radical (unpaired) electrons. The van der Waals surface area contributed by atoms with Gasteiger partial charge in [0, 0.05) is 42.3 Å². The van der Waals surface area contributed by atoms with E-state index in [1.807, 2.05) is 0 Å². The number of rotatable bonds is 8. The molecule has 1 aliphatic rings. The van der Waals surface area contributed by atoms with Gasteiger partial charge in [-0.2, -0.15) is 0 Å². The largest absolute Gasteiger partial charge is 0.208 e. The predicted octanol–water partition coefficient (Wildman–Crippen LogP) is 12.6. The van der Waals surface area contributed by atoms with Crippen molar-refractivity contribution in [3.8, 4) is 56.4 Å². The summed E-state index contributed by atoms with van der Waals surface area (Å²) in [7, 11) is -2.99. The molecule has 0 unspecified atom stereocenters. The molecule has 0 spiro atoms. The zero-order chi connectivity index (χ0) is 43.5. The number of benzene rings is 9. The van der Waals surface area contributed by atoms with Crippen LogP contribution in [0.3, 0.4) is 0 Å². The summed E-state index contributed by atoms with van der Waals surface area (Å²) in [4.78, 5) is 16.1. The molecule has 0 fully saturated rings. The third-order valence-corrected chi connectivity index (χ3v) is 19.4. The van der Waals surface area contributed by atoms with Gasteiger partial charge in [0.25, 0.3) is 0 Å². The number of nitrogens with zero attached hydrogens (tertiary/aromatic N) is 3. The Balaban J connectivity index is 1.09. The second-order valence-electron chi connectivity index (χ2n) is 17.5. The van der Waals surface area contributed by atoms with Crippen LogP contribution in [0.5, 0.6) is 0 Å². The van der Waals surface area contributed by atoms with Crippen LogP contribution < -0.4 is 20.7 Å². The Bertz CT molecular complexity index is 3520. The average molecular weight is 866 g/mol. The molecular weight excluding hydrogens is 823 g/mol. The monoisotopic (exact) mass is 865 g/mol. The van der Waals surface area contributed by atoms with E-state index in [4.69, 9.17) is 15.0 Å². The van der Waals surface area contributed by atoms with Crippen molar-refractivity contribution in [2.45, 2.75) is 19.3 Å². The van der Waals surface area contributed by atoms with Crippen LogP contribution in [0.25, 0.3) is 76.6 Å². The second kappa shape index (κ2) is 15.6. The number of hydrogen-bond acceptors (Lipinski definition) is 4. The van der Waals surface area contributed by atoms with Crippen LogP contribution in [-0.2, 0) is 5.41 Å². The lowest BCUT2D eigenvalue weighted by atomic mass is 9.82. The minimum atomic E-state index is -2.99. The Morgan fingerprint density at radius 3 is 1.62 bits per heavy atom. The summed E-state index contributed by atoms with van der Waals surface area (Å²) in [5.41, 5.74) is 10.5. The molecule has 9 aromatic carbocycles. The molecule has 65 heavy (non-hydrogen) atoms. The van der Waals surface area contributed by atoms with E-state index in [-0.39, 0.29) is 5.41 Å². The lowest BCUT2D eigenvalue weighted by Crippen LogP contribution is -2.74. The van der Waals surface area contributed by atoms with Crippen molar-refractivity contribution >= 4 is 60.3 Å². The van der Waals surface area contributed by atoms with Gasteiger partial charge in [-0.05, 0) is 66.3 Å². The summed E-state index contributed by atoms with van der Waals surface area (Å²) in [6.07, 6.45) is 0. The van der Waals surface area contributed by atoms with Crippen molar-refractivity contribution in [1.82, 2.24) is 15.0 Å². The highest BCUT2D eigenvalue weighted by Crippen LogP contribution is 2.48. The van der Waals surface area contributed by atoms with Gasteiger partial charge in [-0.1, -0.05) is 226 Å². The molecule has 0 saturated carbocycles. The molecule has 3 nitrogen and oxygen atoms in total. The first-order valence-electron chi connectivity index (χ1n) is 22.3. The highest BCUT2D eigenvalue weighted by atomic mass is 32.1. The molecule has 0 saturated heterocycles. The van der Waals surface area contributed by atoms with Crippen molar-refractivity contribution in [1.29, 1.82) is 0 Å². The fourth-order valence-corrected chi connectivity index (χ4v) is 16.3. The van der Waals surface area contributed by atoms with E-state index in [1.165, 1.54) is 68.7 Å². The first-order chi connectivity index (χ1) is 32.0. The van der Waals surface area contributed by atoms with Crippen LogP contribution in [0.1, 0.15) is 25.0 Å². The zero-order valence-corrected chi connectivity index (χ0v) is 37.9. The number of hydrogen-bond donors (Lipinski definition) is 0. The van der Waals surface area contributed by atoms with Gasteiger partial charge in [-0.25, -0.2) is 15.0 Å². The molecule has 308 valence electrons. The van der Waals surface area contributed by atoms with Crippen LogP contribution in [0.15, 0.2) is 224 Å². The Kier molecular flexibility index (Phi) is 9.37. The molecular formula is C60H43N3SSi. The van der Waals surface area contributed by atoms with E-state index in [2.05, 4.69) is 238 Å².